The van der Waals surface area contributed by atoms with Crippen molar-refractivity contribution in [2.75, 3.05) is 26.2 Å². The molecule has 0 radical (unpaired) electrons. The van der Waals surface area contributed by atoms with Gasteiger partial charge < -0.3 is 10.0 Å². The number of alkyl halides is 2. The number of carbonyl (C=O) groups is 1. The van der Waals surface area contributed by atoms with Crippen molar-refractivity contribution in [2.45, 2.75) is 24.4 Å². The first-order valence-electron chi connectivity index (χ1n) is 7.29. The fraction of sp³-hybridized carbons (Fsp3) is 0.533. The lowest BCUT2D eigenvalue weighted by Crippen LogP contribution is -2.62. The fourth-order valence-corrected chi connectivity index (χ4v) is 3.35. The zero-order valence-electron chi connectivity index (χ0n) is 12.2. The zero-order chi connectivity index (χ0) is 16.8. The van der Waals surface area contributed by atoms with E-state index < -0.39 is 30.2 Å². The Morgan fingerprint density at radius 2 is 2.09 bits per heavy atom. The average molecular weight is 349 g/mol. The van der Waals surface area contributed by atoms with Crippen molar-refractivity contribution in [3.05, 3.63) is 34.6 Å². The smallest absolute Gasteiger partial charge is 0.262 e. The minimum Gasteiger partial charge on any atom is -0.395 e. The molecular weight excluding hydrogens is 333 g/mol. The van der Waals surface area contributed by atoms with Crippen LogP contribution in [0.2, 0.25) is 5.02 Å². The van der Waals surface area contributed by atoms with Gasteiger partial charge >= 0.3 is 0 Å². The van der Waals surface area contributed by atoms with Crippen molar-refractivity contribution in [3.63, 3.8) is 0 Å². The molecule has 1 aromatic carbocycles. The second-order valence-electron chi connectivity index (χ2n) is 6.06. The summed E-state index contributed by atoms with van der Waals surface area (Å²) in [6.07, 6.45) is -0.378. The second-order valence-corrected chi connectivity index (χ2v) is 6.49. The molecule has 2 saturated heterocycles. The van der Waals surface area contributed by atoms with Gasteiger partial charge in [-0.2, -0.15) is 0 Å². The largest absolute Gasteiger partial charge is 0.395 e. The number of amides is 1. The van der Waals surface area contributed by atoms with Crippen LogP contribution >= 0.6 is 11.6 Å². The third-order valence-corrected chi connectivity index (χ3v) is 4.64. The molecule has 1 N–H and O–H groups in total. The van der Waals surface area contributed by atoms with Gasteiger partial charge in [-0.05, 0) is 18.2 Å². The molecule has 126 valence electrons. The van der Waals surface area contributed by atoms with Crippen molar-refractivity contribution < 1.29 is 23.1 Å². The van der Waals surface area contributed by atoms with Gasteiger partial charge in [0, 0.05) is 36.6 Å². The summed E-state index contributed by atoms with van der Waals surface area (Å²) in [5.41, 5.74) is -0.124. The minimum absolute atomic E-state index is 0.124. The van der Waals surface area contributed by atoms with E-state index >= 15 is 0 Å². The average Bonchev–Trinajstić information content (AvgIpc) is 2.74. The molecule has 3 rings (SSSR count). The highest BCUT2D eigenvalue weighted by atomic mass is 35.5. The maximum atomic E-state index is 13.7. The Morgan fingerprint density at radius 3 is 2.74 bits per heavy atom. The van der Waals surface area contributed by atoms with Crippen molar-refractivity contribution in [1.29, 1.82) is 0 Å². The molecule has 0 saturated carbocycles. The number of hydrogen-bond donors (Lipinski definition) is 1. The summed E-state index contributed by atoms with van der Waals surface area (Å²) in [5.74, 6) is -3.99. The van der Waals surface area contributed by atoms with Crippen LogP contribution in [0.15, 0.2) is 18.2 Å². The molecule has 1 aromatic rings. The highest BCUT2D eigenvalue weighted by molar-refractivity contribution is 6.31. The second kappa shape index (κ2) is 5.96. The fourth-order valence-electron chi connectivity index (χ4n) is 3.18. The van der Waals surface area contributed by atoms with Gasteiger partial charge in [0.05, 0.1) is 18.7 Å². The molecule has 0 aromatic heterocycles. The Hall–Kier alpha value is -1.31. The first-order chi connectivity index (χ1) is 10.8. The Morgan fingerprint density at radius 1 is 1.39 bits per heavy atom. The highest BCUT2D eigenvalue weighted by Crippen LogP contribution is 2.35. The molecule has 4 nitrogen and oxygen atoms in total. The third kappa shape index (κ3) is 3.18. The molecule has 0 aliphatic carbocycles. The summed E-state index contributed by atoms with van der Waals surface area (Å²) in [5, 5.41) is 9.49. The molecule has 23 heavy (non-hydrogen) atoms. The van der Waals surface area contributed by atoms with Crippen LogP contribution in [-0.2, 0) is 0 Å². The summed E-state index contributed by atoms with van der Waals surface area (Å²) in [6.45, 7) is -0.297. The molecule has 8 heteroatoms. The number of rotatable bonds is 3. The maximum Gasteiger partial charge on any atom is 0.262 e. The normalized spacial score (nSPS) is 24.7. The number of aliphatic hydroxyl groups is 1. The molecule has 1 atom stereocenters. The lowest BCUT2D eigenvalue weighted by molar-refractivity contribution is -0.0126. The number of nitrogens with zero attached hydrogens (tertiary/aromatic N) is 2. The van der Waals surface area contributed by atoms with E-state index in [0.717, 1.165) is 6.07 Å². The predicted molar refractivity (Wildman–Crippen MR) is 78.2 cm³/mol. The first kappa shape index (κ1) is 16.5. The SMILES string of the molecule is O=C(c1cc(Cl)ccc1F)N1CC(N2CC(F)(F)C[C@H]2CO)C1. The van der Waals surface area contributed by atoms with E-state index in [9.17, 15) is 23.1 Å². The van der Waals surface area contributed by atoms with E-state index in [2.05, 4.69) is 0 Å². The summed E-state index contributed by atoms with van der Waals surface area (Å²) < 4.78 is 40.7. The van der Waals surface area contributed by atoms with Gasteiger partial charge in [0.1, 0.15) is 5.82 Å². The summed E-state index contributed by atoms with van der Waals surface area (Å²) in [7, 11) is 0. The van der Waals surface area contributed by atoms with Gasteiger partial charge in [0.15, 0.2) is 0 Å². The number of aliphatic hydroxyl groups excluding tert-OH is 1. The number of benzene rings is 1. The molecule has 2 aliphatic rings. The summed E-state index contributed by atoms with van der Waals surface area (Å²) in [4.78, 5) is 15.2. The van der Waals surface area contributed by atoms with Crippen LogP contribution in [0.25, 0.3) is 0 Å². The Balaban J connectivity index is 1.65. The van der Waals surface area contributed by atoms with Gasteiger partial charge in [-0.15, -0.1) is 0 Å². The Bertz CT molecular complexity index is 623. The summed E-state index contributed by atoms with van der Waals surface area (Å²) >= 11 is 5.77. The van der Waals surface area contributed by atoms with Crippen molar-refractivity contribution in [2.24, 2.45) is 0 Å². The number of hydrogen-bond acceptors (Lipinski definition) is 3. The Kier molecular flexibility index (Phi) is 4.29. The molecule has 0 bridgehead atoms. The quantitative estimate of drug-likeness (QED) is 0.908. The molecule has 0 unspecified atom stereocenters. The lowest BCUT2D eigenvalue weighted by atomic mass is 10.0. The van der Waals surface area contributed by atoms with E-state index in [4.69, 9.17) is 11.6 Å². The Labute approximate surface area is 136 Å². The van der Waals surface area contributed by atoms with Crippen molar-refractivity contribution in [1.82, 2.24) is 9.80 Å². The van der Waals surface area contributed by atoms with Crippen LogP contribution in [0, 0.1) is 5.82 Å². The molecule has 2 fully saturated rings. The van der Waals surface area contributed by atoms with Gasteiger partial charge in [-0.3, -0.25) is 9.69 Å². The molecule has 1 amide bonds. The van der Waals surface area contributed by atoms with Gasteiger partial charge in [-0.25, -0.2) is 13.2 Å². The van der Waals surface area contributed by atoms with E-state index in [-0.39, 0.29) is 42.7 Å². The third-order valence-electron chi connectivity index (χ3n) is 4.41. The van der Waals surface area contributed by atoms with Crippen LogP contribution in [0.3, 0.4) is 0 Å². The molecular formula is C15H16ClF3N2O2. The van der Waals surface area contributed by atoms with Gasteiger partial charge in [-0.1, -0.05) is 11.6 Å². The molecule has 2 heterocycles. The number of halogens is 4. The van der Waals surface area contributed by atoms with E-state index in [1.54, 1.807) is 0 Å². The monoisotopic (exact) mass is 348 g/mol. The zero-order valence-corrected chi connectivity index (χ0v) is 12.9. The van der Waals surface area contributed by atoms with Gasteiger partial charge in [0.2, 0.25) is 0 Å². The number of likely N-dealkylation sites (tertiary alicyclic amines) is 2. The lowest BCUT2D eigenvalue weighted by Gasteiger charge is -2.45. The molecule has 0 spiro atoms. The van der Waals surface area contributed by atoms with Crippen LogP contribution in [0.4, 0.5) is 13.2 Å². The van der Waals surface area contributed by atoms with E-state index in [0.29, 0.717) is 0 Å². The van der Waals surface area contributed by atoms with Crippen LogP contribution in [0.1, 0.15) is 16.8 Å². The molecule has 2 aliphatic heterocycles. The maximum absolute atomic E-state index is 13.7. The van der Waals surface area contributed by atoms with E-state index in [1.807, 2.05) is 0 Å². The number of carbonyl (C=O) groups excluding carboxylic acids is 1. The highest BCUT2D eigenvalue weighted by Gasteiger charge is 2.50. The van der Waals surface area contributed by atoms with Crippen LogP contribution in [0.5, 0.6) is 0 Å². The topological polar surface area (TPSA) is 43.8 Å². The van der Waals surface area contributed by atoms with Crippen molar-refractivity contribution >= 4 is 17.5 Å². The van der Waals surface area contributed by atoms with Crippen LogP contribution in [-0.4, -0.2) is 65.1 Å². The standard InChI is InChI=1S/C15H16ClF3N2O2/c16-9-1-2-13(17)12(3-9)14(23)20-5-11(6-20)21-8-15(18,19)4-10(21)7-22/h1-3,10-11,22H,4-8H2/t10-/m0/s1. The van der Waals surface area contributed by atoms with E-state index in [1.165, 1.54) is 21.9 Å². The predicted octanol–water partition coefficient (Wildman–Crippen LogP) is 2.01. The summed E-state index contributed by atoms with van der Waals surface area (Å²) in [6, 6.07) is 2.88. The minimum atomic E-state index is -2.82. The van der Waals surface area contributed by atoms with Crippen molar-refractivity contribution in [3.8, 4) is 0 Å². The first-order valence-corrected chi connectivity index (χ1v) is 7.67. The van der Waals surface area contributed by atoms with Gasteiger partial charge in [0.25, 0.3) is 11.8 Å². The van der Waals surface area contributed by atoms with Crippen LogP contribution < -0.4 is 0 Å².